The van der Waals surface area contributed by atoms with Gasteiger partial charge < -0.3 is 21.7 Å². The van der Waals surface area contributed by atoms with Gasteiger partial charge in [-0.25, -0.2) is 13.6 Å². The van der Waals surface area contributed by atoms with Gasteiger partial charge >= 0.3 is 0 Å². The molecule has 0 radical (unpaired) electrons. The summed E-state index contributed by atoms with van der Waals surface area (Å²) in [6.07, 6.45) is 0.687. The Morgan fingerprint density at radius 1 is 0.846 bits per heavy atom. The summed E-state index contributed by atoms with van der Waals surface area (Å²) < 4.78 is 23.0. The van der Waals surface area contributed by atoms with Crippen LogP contribution in [-0.2, 0) is 31.9 Å². The van der Waals surface area contributed by atoms with E-state index in [2.05, 4.69) is 5.32 Å². The molecule has 0 aromatic heterocycles. The zero-order valence-corrected chi connectivity index (χ0v) is 22.3. The van der Waals surface area contributed by atoms with Crippen LogP contribution in [0.1, 0.15) is 41.0 Å². The monoisotopic (exact) mass is 550 g/mol. The smallest absolute Gasteiger partial charge is 0.240 e. The molecule has 8 N–H and O–H groups in total. The van der Waals surface area contributed by atoms with Crippen LogP contribution in [0.4, 0.5) is 0 Å². The average molecular weight is 551 g/mol. The first-order valence-corrected chi connectivity index (χ1v) is 14.1. The third-order valence-electron chi connectivity index (χ3n) is 6.21. The lowest BCUT2D eigenvalue weighted by Crippen LogP contribution is -2.49. The fraction of sp³-hybridized carbons (Fsp3) is 0.250. The number of nitrogens with one attached hydrogen (secondary N) is 2. The maximum absolute atomic E-state index is 14.3. The lowest BCUT2D eigenvalue weighted by atomic mass is 9.89. The Kier molecular flexibility index (Phi) is 10.2. The van der Waals surface area contributed by atoms with Crippen LogP contribution >= 0.6 is 0 Å². The van der Waals surface area contributed by atoms with Crippen LogP contribution in [-0.4, -0.2) is 43.7 Å². The van der Waals surface area contributed by atoms with Gasteiger partial charge in [-0.2, -0.15) is 0 Å². The van der Waals surface area contributed by atoms with E-state index in [1.165, 1.54) is 4.90 Å². The normalized spacial score (nSPS) is 12.1. The van der Waals surface area contributed by atoms with Gasteiger partial charge in [0.1, 0.15) is 6.04 Å². The zero-order chi connectivity index (χ0) is 28.4. The van der Waals surface area contributed by atoms with E-state index in [1.54, 1.807) is 24.3 Å². The average Bonchev–Trinajstić information content (AvgIpc) is 2.89. The summed E-state index contributed by atoms with van der Waals surface area (Å²) >= 11 is 0. The Morgan fingerprint density at radius 3 is 1.82 bits per heavy atom. The first-order valence-electron chi connectivity index (χ1n) is 12.4. The molecule has 0 spiro atoms. The first-order chi connectivity index (χ1) is 18.5. The van der Waals surface area contributed by atoms with Crippen molar-refractivity contribution in [1.82, 2.24) is 10.2 Å². The molecule has 206 valence electrons. The minimum atomic E-state index is -3.70. The Bertz CT molecular complexity index is 1330. The van der Waals surface area contributed by atoms with Crippen molar-refractivity contribution in [3.63, 3.8) is 0 Å². The van der Waals surface area contributed by atoms with E-state index < -0.39 is 27.9 Å². The first kappa shape index (κ1) is 29.3. The number of sulfonamides is 1. The highest BCUT2D eigenvalue weighted by Crippen LogP contribution is 2.29. The van der Waals surface area contributed by atoms with Crippen molar-refractivity contribution in [1.29, 1.82) is 5.41 Å². The van der Waals surface area contributed by atoms with Crippen molar-refractivity contribution in [3.05, 3.63) is 107 Å². The third kappa shape index (κ3) is 8.94. The summed E-state index contributed by atoms with van der Waals surface area (Å²) in [6.45, 7) is 0.405. The van der Waals surface area contributed by atoms with E-state index in [0.717, 1.165) is 11.1 Å². The predicted molar refractivity (Wildman–Crippen MR) is 151 cm³/mol. The van der Waals surface area contributed by atoms with E-state index in [1.807, 2.05) is 60.7 Å². The van der Waals surface area contributed by atoms with Crippen LogP contribution in [0.15, 0.2) is 84.9 Å². The topological polar surface area (TPSA) is 185 Å². The summed E-state index contributed by atoms with van der Waals surface area (Å²) in [6, 6.07) is 24.3. The summed E-state index contributed by atoms with van der Waals surface area (Å²) in [5, 5.41) is 15.2. The summed E-state index contributed by atoms with van der Waals surface area (Å²) in [5.41, 5.74) is 13.9. The molecule has 0 bridgehead atoms. The van der Waals surface area contributed by atoms with Gasteiger partial charge in [-0.05, 0) is 35.1 Å². The molecule has 1 atom stereocenters. The zero-order valence-electron chi connectivity index (χ0n) is 21.5. The molecule has 10 nitrogen and oxygen atoms in total. The number of carbonyl (C=O) groups is 2. The Balaban J connectivity index is 2.00. The number of nitrogens with zero attached hydrogens (tertiary/aromatic N) is 1. The molecular weight excluding hydrogens is 516 g/mol. The molecule has 0 unspecified atom stereocenters. The number of amides is 2. The van der Waals surface area contributed by atoms with Crippen LogP contribution < -0.4 is 21.9 Å². The Labute approximate surface area is 228 Å². The minimum Gasteiger partial charge on any atom is -0.370 e. The van der Waals surface area contributed by atoms with Crippen LogP contribution in [0, 0.1) is 5.41 Å². The van der Waals surface area contributed by atoms with E-state index >= 15 is 0 Å². The number of carbonyl (C=O) groups excluding carboxylic acids is 2. The van der Waals surface area contributed by atoms with Gasteiger partial charge in [-0.3, -0.25) is 15.0 Å². The predicted octanol–water partition coefficient (Wildman–Crippen LogP) is 1.75. The van der Waals surface area contributed by atoms with Gasteiger partial charge in [0.15, 0.2) is 5.96 Å². The molecule has 3 aromatic carbocycles. The third-order valence-corrected chi connectivity index (χ3v) is 6.95. The maximum Gasteiger partial charge on any atom is 0.240 e. The minimum absolute atomic E-state index is 0.0679. The van der Waals surface area contributed by atoms with E-state index in [4.69, 9.17) is 22.0 Å². The molecule has 39 heavy (non-hydrogen) atoms. The highest BCUT2D eigenvalue weighted by molar-refractivity contribution is 7.88. The second kappa shape index (κ2) is 13.5. The lowest BCUT2D eigenvalue weighted by Gasteiger charge is -2.33. The van der Waals surface area contributed by atoms with E-state index in [0.29, 0.717) is 24.1 Å². The van der Waals surface area contributed by atoms with Gasteiger partial charge in [0, 0.05) is 13.1 Å². The molecule has 0 saturated carbocycles. The SMILES string of the molecule is N=C(N)NCCC[C@H](C(N)=O)N(Cc1ccc(CS(N)(=O)=O)cc1)C(=O)C(c1ccccc1)c1ccccc1. The number of guanidine groups is 1. The van der Waals surface area contributed by atoms with E-state index in [9.17, 15) is 18.0 Å². The van der Waals surface area contributed by atoms with Crippen LogP contribution in [0.25, 0.3) is 0 Å². The van der Waals surface area contributed by atoms with Crippen LogP contribution in [0.3, 0.4) is 0 Å². The number of primary sulfonamides is 1. The Morgan fingerprint density at radius 2 is 1.36 bits per heavy atom. The number of hydrogen-bond acceptors (Lipinski definition) is 5. The maximum atomic E-state index is 14.3. The van der Waals surface area contributed by atoms with Crippen molar-refractivity contribution < 1.29 is 18.0 Å². The summed E-state index contributed by atoms with van der Waals surface area (Å²) in [4.78, 5) is 28.6. The summed E-state index contributed by atoms with van der Waals surface area (Å²) in [7, 11) is -3.70. The molecule has 0 aliphatic carbocycles. The second-order valence-corrected chi connectivity index (χ2v) is 10.9. The van der Waals surface area contributed by atoms with Gasteiger partial charge in [0.05, 0.1) is 11.7 Å². The molecule has 3 rings (SSSR count). The highest BCUT2D eigenvalue weighted by Gasteiger charge is 2.34. The Hall–Kier alpha value is -4.22. The molecular formula is C28H34N6O4S. The standard InChI is InChI=1S/C28H34N6O4S/c29-26(35)24(12-7-17-33-28(30)31)34(18-20-13-15-21(16-14-20)19-39(32,37)38)27(36)25(22-8-3-1-4-9-22)23-10-5-2-6-11-23/h1-6,8-11,13-16,24-25H,7,12,17-19H2,(H2,29,35)(H4,30,31,33)(H2,32,37,38)/t24-/m1/s1. The van der Waals surface area contributed by atoms with Crippen LogP contribution in [0.5, 0.6) is 0 Å². The largest absolute Gasteiger partial charge is 0.370 e. The van der Waals surface area contributed by atoms with Crippen molar-refractivity contribution in [3.8, 4) is 0 Å². The number of primary amides is 1. The molecule has 3 aromatic rings. The highest BCUT2D eigenvalue weighted by atomic mass is 32.2. The van der Waals surface area contributed by atoms with Crippen molar-refractivity contribution >= 4 is 27.8 Å². The summed E-state index contributed by atoms with van der Waals surface area (Å²) in [5.74, 6) is -2.15. The molecule has 0 heterocycles. The number of benzene rings is 3. The van der Waals surface area contributed by atoms with Crippen LogP contribution in [0.2, 0.25) is 0 Å². The van der Waals surface area contributed by atoms with Gasteiger partial charge in [-0.1, -0.05) is 84.9 Å². The lowest BCUT2D eigenvalue weighted by molar-refractivity contribution is -0.141. The fourth-order valence-electron chi connectivity index (χ4n) is 4.42. The number of hydrogen-bond donors (Lipinski definition) is 5. The number of nitrogens with two attached hydrogens (primary N) is 3. The van der Waals surface area contributed by atoms with Crippen molar-refractivity contribution in [2.45, 2.75) is 37.1 Å². The fourth-order valence-corrected chi connectivity index (χ4v) is 5.07. The quantitative estimate of drug-likeness (QED) is 0.123. The molecule has 0 aliphatic heterocycles. The molecule has 0 fully saturated rings. The van der Waals surface area contributed by atoms with Gasteiger partial charge in [0.25, 0.3) is 0 Å². The number of rotatable bonds is 13. The molecule has 11 heteroatoms. The second-order valence-electron chi connectivity index (χ2n) is 9.25. The molecule has 0 aliphatic rings. The van der Waals surface area contributed by atoms with Gasteiger partial charge in [0.2, 0.25) is 21.8 Å². The molecule has 2 amide bonds. The van der Waals surface area contributed by atoms with Gasteiger partial charge in [-0.15, -0.1) is 0 Å². The molecule has 0 saturated heterocycles. The van der Waals surface area contributed by atoms with E-state index in [-0.39, 0.29) is 30.6 Å². The van der Waals surface area contributed by atoms with Crippen molar-refractivity contribution in [2.24, 2.45) is 16.6 Å². The van der Waals surface area contributed by atoms with Crippen molar-refractivity contribution in [2.75, 3.05) is 6.54 Å².